The lowest BCUT2D eigenvalue weighted by Crippen LogP contribution is -2.18. The van der Waals surface area contributed by atoms with Crippen molar-refractivity contribution in [3.05, 3.63) is 52.3 Å². The summed E-state index contributed by atoms with van der Waals surface area (Å²) in [6, 6.07) is 10.8. The molecule has 0 saturated heterocycles. The van der Waals surface area contributed by atoms with E-state index < -0.39 is 0 Å². The van der Waals surface area contributed by atoms with Crippen LogP contribution in [0.2, 0.25) is 0 Å². The van der Waals surface area contributed by atoms with Crippen LogP contribution in [0.5, 0.6) is 0 Å². The van der Waals surface area contributed by atoms with Gasteiger partial charge in [-0.3, -0.25) is 4.79 Å². The topological polar surface area (TPSA) is 79.4 Å². The number of benzene rings is 1. The maximum Gasteiger partial charge on any atom is 0.264 e. The number of nitrogens with zero attached hydrogens (tertiary/aromatic N) is 2. The van der Waals surface area contributed by atoms with E-state index in [-0.39, 0.29) is 11.8 Å². The molecule has 0 bridgehead atoms. The van der Waals surface area contributed by atoms with Crippen LogP contribution in [0.4, 0.5) is 0 Å². The number of aromatic nitrogens is 2. The van der Waals surface area contributed by atoms with Gasteiger partial charge in [0.2, 0.25) is 0 Å². The summed E-state index contributed by atoms with van der Waals surface area (Å²) < 4.78 is 0. The highest BCUT2D eigenvalue weighted by Gasteiger charge is 2.14. The van der Waals surface area contributed by atoms with E-state index in [0.29, 0.717) is 5.84 Å². The predicted molar refractivity (Wildman–Crippen MR) is 70.5 cm³/mol. The molecule has 0 spiro atoms. The van der Waals surface area contributed by atoms with Gasteiger partial charge >= 0.3 is 0 Å². The lowest BCUT2D eigenvalue weighted by atomic mass is 10.1. The van der Waals surface area contributed by atoms with Gasteiger partial charge in [-0.2, -0.15) is 5.10 Å². The Balaban J connectivity index is 1.89. The summed E-state index contributed by atoms with van der Waals surface area (Å²) in [7, 11) is 0. The van der Waals surface area contributed by atoms with Crippen LogP contribution in [0.15, 0.2) is 46.2 Å². The minimum atomic E-state index is -0.212. The van der Waals surface area contributed by atoms with E-state index in [4.69, 9.17) is 4.84 Å². The molecule has 3 rings (SSSR count). The number of rotatable bonds is 2. The molecule has 6 nitrogen and oxygen atoms in total. The fourth-order valence-electron chi connectivity index (χ4n) is 1.81. The van der Waals surface area contributed by atoms with Crippen LogP contribution in [0.25, 0.3) is 11.3 Å². The maximum atomic E-state index is 11.0. The van der Waals surface area contributed by atoms with Crippen molar-refractivity contribution < 1.29 is 4.84 Å². The zero-order valence-electron chi connectivity index (χ0n) is 10.3. The van der Waals surface area contributed by atoms with E-state index >= 15 is 0 Å². The molecule has 0 saturated carbocycles. The Kier molecular flexibility index (Phi) is 2.85. The van der Waals surface area contributed by atoms with E-state index in [1.165, 1.54) is 6.07 Å². The molecule has 96 valence electrons. The fraction of sp³-hybridized carbons (Fsp3) is 0.154. The summed E-state index contributed by atoms with van der Waals surface area (Å²) in [4.78, 5) is 20.4. The molecule has 1 atom stereocenters. The number of hydrogen-bond donors (Lipinski definition) is 2. The summed E-state index contributed by atoms with van der Waals surface area (Å²) in [6.07, 6.45) is -0.171. The van der Waals surface area contributed by atoms with E-state index in [2.05, 4.69) is 20.7 Å². The van der Waals surface area contributed by atoms with Crippen LogP contribution in [0.3, 0.4) is 0 Å². The maximum absolute atomic E-state index is 11.0. The quantitative estimate of drug-likeness (QED) is 0.842. The van der Waals surface area contributed by atoms with Crippen molar-refractivity contribution in [1.29, 1.82) is 0 Å². The Labute approximate surface area is 109 Å². The molecule has 0 fully saturated rings. The van der Waals surface area contributed by atoms with Gasteiger partial charge in [0.05, 0.1) is 5.69 Å². The van der Waals surface area contributed by atoms with Crippen LogP contribution in [-0.4, -0.2) is 22.3 Å². The van der Waals surface area contributed by atoms with Crippen molar-refractivity contribution in [2.24, 2.45) is 4.99 Å². The third-order valence-corrected chi connectivity index (χ3v) is 2.77. The summed E-state index contributed by atoms with van der Waals surface area (Å²) in [5, 5.41) is 6.39. The van der Waals surface area contributed by atoms with Crippen molar-refractivity contribution in [2.45, 2.75) is 13.2 Å². The number of H-pyrrole nitrogens is 1. The molecule has 0 amide bonds. The van der Waals surface area contributed by atoms with Crippen LogP contribution in [0, 0.1) is 0 Å². The summed E-state index contributed by atoms with van der Waals surface area (Å²) in [5.41, 5.74) is 5.15. The monoisotopic (exact) mass is 256 g/mol. The number of aromatic amines is 1. The highest BCUT2D eigenvalue weighted by molar-refractivity contribution is 5.99. The summed E-state index contributed by atoms with van der Waals surface area (Å²) in [6.45, 7) is 1.86. The largest absolute Gasteiger partial charge is 0.268 e. The van der Waals surface area contributed by atoms with Crippen LogP contribution >= 0.6 is 0 Å². The van der Waals surface area contributed by atoms with Crippen molar-refractivity contribution in [3.63, 3.8) is 0 Å². The Hall–Kier alpha value is -2.47. The van der Waals surface area contributed by atoms with Crippen molar-refractivity contribution >= 4 is 5.84 Å². The lowest BCUT2D eigenvalue weighted by Gasteiger charge is -2.03. The highest BCUT2D eigenvalue weighted by atomic mass is 16.7. The van der Waals surface area contributed by atoms with E-state index in [1.54, 1.807) is 6.07 Å². The van der Waals surface area contributed by atoms with Gasteiger partial charge < -0.3 is 0 Å². The number of nitrogens with one attached hydrogen (secondary N) is 2. The Morgan fingerprint density at radius 2 is 1.84 bits per heavy atom. The number of aliphatic imine (C=N–C) groups is 1. The smallest absolute Gasteiger partial charge is 0.264 e. The number of hydrogen-bond acceptors (Lipinski definition) is 5. The number of amidine groups is 1. The molecule has 1 aliphatic rings. The molecule has 1 aromatic carbocycles. The molecule has 1 aliphatic heterocycles. The van der Waals surface area contributed by atoms with Gasteiger partial charge in [0.1, 0.15) is 0 Å². The van der Waals surface area contributed by atoms with Crippen LogP contribution < -0.4 is 11.0 Å². The average molecular weight is 256 g/mol. The SMILES string of the molecule is CC1N=C(c2ccc(-c3ccc(=O)[nH]n3)cc2)NO1. The van der Waals surface area contributed by atoms with Crippen molar-refractivity contribution in [1.82, 2.24) is 15.7 Å². The second kappa shape index (κ2) is 4.66. The second-order valence-electron chi connectivity index (χ2n) is 4.18. The van der Waals surface area contributed by atoms with Crippen LogP contribution in [-0.2, 0) is 4.84 Å². The Morgan fingerprint density at radius 3 is 2.42 bits per heavy atom. The molecule has 1 aromatic heterocycles. The van der Waals surface area contributed by atoms with E-state index in [0.717, 1.165) is 16.8 Å². The molecule has 1 unspecified atom stereocenters. The molecular weight excluding hydrogens is 244 g/mol. The van der Waals surface area contributed by atoms with Crippen molar-refractivity contribution in [2.75, 3.05) is 0 Å². The van der Waals surface area contributed by atoms with Crippen LogP contribution in [0.1, 0.15) is 12.5 Å². The first-order chi connectivity index (χ1) is 9.22. The zero-order valence-corrected chi connectivity index (χ0v) is 10.3. The lowest BCUT2D eigenvalue weighted by molar-refractivity contribution is 0.0504. The van der Waals surface area contributed by atoms with Gasteiger partial charge in [0, 0.05) is 17.2 Å². The first kappa shape index (κ1) is 11.6. The first-order valence-corrected chi connectivity index (χ1v) is 5.88. The second-order valence-corrected chi connectivity index (χ2v) is 4.18. The number of hydroxylamine groups is 1. The Bertz CT molecular complexity index is 655. The highest BCUT2D eigenvalue weighted by Crippen LogP contribution is 2.17. The van der Waals surface area contributed by atoms with E-state index in [1.807, 2.05) is 31.2 Å². The predicted octanol–water partition coefficient (Wildman–Crippen LogP) is 1.06. The molecule has 2 aromatic rings. The zero-order chi connectivity index (χ0) is 13.2. The fourth-order valence-corrected chi connectivity index (χ4v) is 1.81. The third-order valence-electron chi connectivity index (χ3n) is 2.77. The summed E-state index contributed by atoms with van der Waals surface area (Å²) >= 11 is 0. The summed E-state index contributed by atoms with van der Waals surface area (Å²) in [5.74, 6) is 0.716. The molecule has 19 heavy (non-hydrogen) atoms. The first-order valence-electron chi connectivity index (χ1n) is 5.88. The molecule has 2 N–H and O–H groups in total. The van der Waals surface area contributed by atoms with Gasteiger partial charge in [-0.15, -0.1) is 0 Å². The molecule has 0 aliphatic carbocycles. The van der Waals surface area contributed by atoms with E-state index in [9.17, 15) is 4.79 Å². The molecule has 2 heterocycles. The normalized spacial score (nSPS) is 17.9. The van der Waals surface area contributed by atoms with Crippen molar-refractivity contribution in [3.8, 4) is 11.3 Å². The molecule has 6 heteroatoms. The van der Waals surface area contributed by atoms with Gasteiger partial charge in [0.25, 0.3) is 5.56 Å². The standard InChI is InChI=1S/C13H12N4O2/c1-8-14-13(17-19-8)10-4-2-9(3-5-10)11-6-7-12(18)16-15-11/h2-8H,1H3,(H,14,17)(H,16,18). The average Bonchev–Trinajstić information content (AvgIpc) is 2.87. The van der Waals surface area contributed by atoms with Gasteiger partial charge in [0.15, 0.2) is 12.1 Å². The Morgan fingerprint density at radius 1 is 1.11 bits per heavy atom. The minimum Gasteiger partial charge on any atom is -0.268 e. The van der Waals surface area contributed by atoms with Gasteiger partial charge in [-0.1, -0.05) is 24.3 Å². The minimum absolute atomic E-state index is 0.171. The van der Waals surface area contributed by atoms with Gasteiger partial charge in [-0.25, -0.2) is 20.4 Å². The van der Waals surface area contributed by atoms with Gasteiger partial charge in [-0.05, 0) is 13.0 Å². The molecular formula is C13H12N4O2. The third kappa shape index (κ3) is 2.38. The molecule has 0 radical (unpaired) electrons.